The molecule has 0 N–H and O–H groups in total. The summed E-state index contributed by atoms with van der Waals surface area (Å²) in [6, 6.07) is 6.33. The van der Waals surface area contributed by atoms with Gasteiger partial charge in [0.1, 0.15) is 0 Å². The van der Waals surface area contributed by atoms with Gasteiger partial charge in [-0.15, -0.1) is 0 Å². The van der Waals surface area contributed by atoms with Gasteiger partial charge in [-0.05, 0) is 12.1 Å². The minimum absolute atomic E-state index is 0.210. The molecule has 0 atom stereocenters. The number of esters is 2. The van der Waals surface area contributed by atoms with Crippen LogP contribution in [-0.2, 0) is 9.47 Å². The minimum atomic E-state index is -0.550. The Balaban J connectivity index is 0.000000631. The Kier molecular flexibility index (Phi) is 8.27. The van der Waals surface area contributed by atoms with E-state index in [9.17, 15) is 9.59 Å². The fraction of sp³-hybridized carbons (Fsp3) is 0.429. The van der Waals surface area contributed by atoms with Crippen LogP contribution in [0.2, 0.25) is 0 Å². The Bertz CT molecular complexity index is 348. The number of methoxy groups -OCH3 is 2. The lowest BCUT2D eigenvalue weighted by Gasteiger charge is -2.04. The van der Waals surface area contributed by atoms with E-state index in [4.69, 9.17) is 0 Å². The molecule has 0 aliphatic heterocycles. The number of hydrogen-bond acceptors (Lipinski definition) is 4. The van der Waals surface area contributed by atoms with Crippen molar-refractivity contribution in [2.24, 2.45) is 0 Å². The highest BCUT2D eigenvalue weighted by Gasteiger charge is 2.16. The van der Waals surface area contributed by atoms with E-state index in [-0.39, 0.29) is 11.1 Å². The van der Waals surface area contributed by atoms with E-state index in [1.807, 2.05) is 0 Å². The van der Waals surface area contributed by atoms with Gasteiger partial charge in [0.15, 0.2) is 0 Å². The molecule has 0 bridgehead atoms. The second kappa shape index (κ2) is 9.22. The number of carbonyl (C=O) groups excluding carboxylic acids is 2. The second-order valence-electron chi connectivity index (χ2n) is 3.53. The summed E-state index contributed by atoms with van der Waals surface area (Å²) >= 11 is 0. The van der Waals surface area contributed by atoms with Crippen molar-refractivity contribution in [1.29, 1.82) is 0 Å². The summed E-state index contributed by atoms with van der Waals surface area (Å²) in [4.78, 5) is 22.4. The Morgan fingerprint density at radius 2 is 1.22 bits per heavy atom. The van der Waals surface area contributed by atoms with Gasteiger partial charge in [0.2, 0.25) is 0 Å². The van der Waals surface area contributed by atoms with Crippen molar-refractivity contribution >= 4 is 11.9 Å². The van der Waals surface area contributed by atoms with Gasteiger partial charge < -0.3 is 9.47 Å². The molecule has 0 fully saturated rings. The number of rotatable bonds is 3. The van der Waals surface area contributed by atoms with Gasteiger partial charge in [0.05, 0.1) is 25.3 Å². The topological polar surface area (TPSA) is 52.6 Å². The average molecular weight is 252 g/mol. The van der Waals surface area contributed by atoms with Gasteiger partial charge in [-0.3, -0.25) is 0 Å². The molecule has 18 heavy (non-hydrogen) atoms. The zero-order chi connectivity index (χ0) is 14.0. The summed E-state index contributed by atoms with van der Waals surface area (Å²) < 4.78 is 9.05. The second-order valence-corrected chi connectivity index (χ2v) is 3.53. The average Bonchev–Trinajstić information content (AvgIpc) is 2.45. The fourth-order valence-electron chi connectivity index (χ4n) is 1.06. The Morgan fingerprint density at radius 1 is 0.889 bits per heavy atom. The quantitative estimate of drug-likeness (QED) is 0.776. The lowest BCUT2D eigenvalue weighted by atomic mass is 10.1. The molecule has 0 radical (unpaired) electrons. The van der Waals surface area contributed by atoms with Crippen molar-refractivity contribution in [3.63, 3.8) is 0 Å². The summed E-state index contributed by atoms with van der Waals surface area (Å²) in [5, 5.41) is 0. The maximum Gasteiger partial charge on any atom is 0.338 e. The van der Waals surface area contributed by atoms with Crippen molar-refractivity contribution in [3.8, 4) is 0 Å². The van der Waals surface area contributed by atoms with Gasteiger partial charge in [0.25, 0.3) is 0 Å². The largest absolute Gasteiger partial charge is 0.465 e. The Morgan fingerprint density at radius 3 is 1.44 bits per heavy atom. The molecule has 1 aromatic rings. The first-order valence-corrected chi connectivity index (χ1v) is 5.87. The zero-order valence-corrected chi connectivity index (χ0v) is 11.4. The van der Waals surface area contributed by atoms with Crippen molar-refractivity contribution in [2.45, 2.75) is 26.7 Å². The first kappa shape index (κ1) is 16.2. The molecule has 4 nitrogen and oxygen atoms in total. The Hall–Kier alpha value is -1.84. The smallest absolute Gasteiger partial charge is 0.338 e. The third-order valence-electron chi connectivity index (χ3n) is 2.24. The van der Waals surface area contributed by atoms with Crippen molar-refractivity contribution in [1.82, 2.24) is 0 Å². The normalized spacial score (nSPS) is 8.89. The van der Waals surface area contributed by atoms with E-state index in [0.29, 0.717) is 0 Å². The maximum atomic E-state index is 11.2. The monoisotopic (exact) mass is 252 g/mol. The SMILES string of the molecule is CCCC.COC(=O)c1ccccc1C(=O)OC. The van der Waals surface area contributed by atoms with Crippen LogP contribution in [0.1, 0.15) is 47.4 Å². The molecular weight excluding hydrogens is 232 g/mol. The van der Waals surface area contributed by atoms with Crippen LogP contribution in [-0.4, -0.2) is 26.2 Å². The predicted molar refractivity (Wildman–Crippen MR) is 69.7 cm³/mol. The van der Waals surface area contributed by atoms with Crippen LogP contribution in [0.25, 0.3) is 0 Å². The molecule has 1 aromatic carbocycles. The van der Waals surface area contributed by atoms with Gasteiger partial charge in [-0.25, -0.2) is 9.59 Å². The van der Waals surface area contributed by atoms with Gasteiger partial charge in [-0.2, -0.15) is 0 Å². The minimum Gasteiger partial charge on any atom is -0.465 e. The lowest BCUT2D eigenvalue weighted by molar-refractivity contribution is 0.0555. The highest BCUT2D eigenvalue weighted by Crippen LogP contribution is 2.10. The van der Waals surface area contributed by atoms with E-state index in [1.165, 1.54) is 39.2 Å². The lowest BCUT2D eigenvalue weighted by Crippen LogP contribution is -2.11. The molecular formula is C14H20O4. The fourth-order valence-corrected chi connectivity index (χ4v) is 1.06. The number of carbonyl (C=O) groups is 2. The standard InChI is InChI=1S/C10H10O4.C4H10/c1-13-9(11)7-5-3-4-6-8(7)10(12)14-2;1-3-4-2/h3-6H,1-2H3;3-4H2,1-2H3. The third kappa shape index (κ3) is 4.99. The van der Waals surface area contributed by atoms with E-state index in [2.05, 4.69) is 23.3 Å². The van der Waals surface area contributed by atoms with Crippen LogP contribution in [0.5, 0.6) is 0 Å². The van der Waals surface area contributed by atoms with E-state index in [1.54, 1.807) is 12.1 Å². The first-order valence-electron chi connectivity index (χ1n) is 5.87. The molecule has 0 saturated heterocycles. The molecule has 0 heterocycles. The van der Waals surface area contributed by atoms with Crippen LogP contribution in [0.3, 0.4) is 0 Å². The Labute approximate surface area is 108 Å². The molecule has 0 aliphatic rings. The number of benzene rings is 1. The molecule has 0 aliphatic carbocycles. The summed E-state index contributed by atoms with van der Waals surface area (Å²) in [5.41, 5.74) is 0.420. The van der Waals surface area contributed by atoms with E-state index < -0.39 is 11.9 Å². The summed E-state index contributed by atoms with van der Waals surface area (Å²) in [5.74, 6) is -1.10. The van der Waals surface area contributed by atoms with Gasteiger partial charge in [-0.1, -0.05) is 38.8 Å². The van der Waals surface area contributed by atoms with Crippen LogP contribution < -0.4 is 0 Å². The summed E-state index contributed by atoms with van der Waals surface area (Å²) in [6.07, 6.45) is 2.64. The van der Waals surface area contributed by atoms with Crippen molar-refractivity contribution in [3.05, 3.63) is 35.4 Å². The first-order chi connectivity index (χ1) is 8.62. The molecule has 0 saturated carbocycles. The van der Waals surface area contributed by atoms with Crippen molar-refractivity contribution < 1.29 is 19.1 Å². The van der Waals surface area contributed by atoms with Gasteiger partial charge in [0, 0.05) is 0 Å². The van der Waals surface area contributed by atoms with E-state index in [0.717, 1.165) is 0 Å². The predicted octanol–water partition coefficient (Wildman–Crippen LogP) is 3.07. The molecule has 0 amide bonds. The molecule has 1 rings (SSSR count). The number of hydrogen-bond donors (Lipinski definition) is 0. The third-order valence-corrected chi connectivity index (χ3v) is 2.24. The van der Waals surface area contributed by atoms with Crippen molar-refractivity contribution in [2.75, 3.05) is 14.2 Å². The maximum absolute atomic E-state index is 11.2. The number of unbranched alkanes of at least 4 members (excludes halogenated alkanes) is 1. The van der Waals surface area contributed by atoms with E-state index >= 15 is 0 Å². The van der Waals surface area contributed by atoms with Crippen LogP contribution in [0.15, 0.2) is 24.3 Å². The summed E-state index contributed by atoms with van der Waals surface area (Å²) in [6.45, 7) is 4.36. The molecule has 0 unspecified atom stereocenters. The van der Waals surface area contributed by atoms with Crippen LogP contribution in [0, 0.1) is 0 Å². The zero-order valence-electron chi connectivity index (χ0n) is 11.4. The highest BCUT2D eigenvalue weighted by atomic mass is 16.5. The highest BCUT2D eigenvalue weighted by molar-refractivity contribution is 6.02. The number of ether oxygens (including phenoxy) is 2. The van der Waals surface area contributed by atoms with Crippen LogP contribution >= 0.6 is 0 Å². The molecule has 4 heteroatoms. The molecule has 0 spiro atoms. The molecule has 0 aromatic heterocycles. The summed E-state index contributed by atoms with van der Waals surface area (Å²) in [7, 11) is 2.52. The molecule has 100 valence electrons. The van der Waals surface area contributed by atoms with Crippen LogP contribution in [0.4, 0.5) is 0 Å². The van der Waals surface area contributed by atoms with Gasteiger partial charge >= 0.3 is 11.9 Å².